The zero-order valence-electron chi connectivity index (χ0n) is 20.1. The van der Waals surface area contributed by atoms with Crippen molar-refractivity contribution in [2.75, 3.05) is 6.61 Å². The minimum absolute atomic E-state index is 0.157. The van der Waals surface area contributed by atoms with E-state index in [1.807, 2.05) is 6.92 Å². The molecule has 2 bridgehead atoms. The monoisotopic (exact) mass is 478 g/mol. The number of carbonyl (C=O) groups is 2. The number of fused-ring (bicyclic) bond motifs is 3. The Balaban J connectivity index is 1.47. The molecule has 0 unspecified atom stereocenters. The highest BCUT2D eigenvalue weighted by atomic mass is 16.7. The molecular formula is C26H38O8. The normalized spacial score (nSPS) is 54.3. The van der Waals surface area contributed by atoms with E-state index in [0.717, 1.165) is 44.8 Å². The van der Waals surface area contributed by atoms with Crippen molar-refractivity contribution in [2.45, 2.75) is 89.5 Å². The second-order valence-electron chi connectivity index (χ2n) is 12.1. The van der Waals surface area contributed by atoms with Gasteiger partial charge in [0.05, 0.1) is 12.0 Å². The van der Waals surface area contributed by atoms with Crippen molar-refractivity contribution in [3.8, 4) is 0 Å². The third-order valence-electron chi connectivity index (χ3n) is 10.6. The molecule has 5 rings (SSSR count). The van der Waals surface area contributed by atoms with Gasteiger partial charge in [-0.15, -0.1) is 0 Å². The first-order chi connectivity index (χ1) is 16.0. The lowest BCUT2D eigenvalue weighted by molar-refractivity contribution is -0.297. The first-order valence-electron chi connectivity index (χ1n) is 12.7. The smallest absolute Gasteiger partial charge is 0.314 e. The number of carbonyl (C=O) groups excluding carboxylic acids is 2. The molecule has 4 saturated carbocycles. The van der Waals surface area contributed by atoms with E-state index in [2.05, 4.69) is 13.5 Å². The zero-order chi connectivity index (χ0) is 24.6. The molecule has 5 aliphatic rings. The first-order valence-corrected chi connectivity index (χ1v) is 12.7. The van der Waals surface area contributed by atoms with E-state index in [-0.39, 0.29) is 22.7 Å². The maximum atomic E-state index is 13.8. The average Bonchev–Trinajstić information content (AvgIpc) is 3.19. The highest BCUT2D eigenvalue weighted by Crippen LogP contribution is 2.77. The molecule has 4 N–H and O–H groups in total. The quantitative estimate of drug-likeness (QED) is 0.270. The van der Waals surface area contributed by atoms with Gasteiger partial charge in [-0.1, -0.05) is 25.5 Å². The van der Waals surface area contributed by atoms with Crippen LogP contribution >= 0.6 is 0 Å². The molecule has 12 atom stereocenters. The molecule has 1 spiro atoms. The lowest BCUT2D eigenvalue weighted by atomic mass is 9.53. The summed E-state index contributed by atoms with van der Waals surface area (Å²) in [5.41, 5.74) is -0.0797. The van der Waals surface area contributed by atoms with Gasteiger partial charge in [-0.3, -0.25) is 4.79 Å². The van der Waals surface area contributed by atoms with Crippen molar-refractivity contribution in [3.63, 3.8) is 0 Å². The van der Waals surface area contributed by atoms with Gasteiger partial charge in [0, 0.05) is 5.92 Å². The second kappa shape index (κ2) is 8.10. The van der Waals surface area contributed by atoms with E-state index in [4.69, 9.17) is 9.47 Å². The first kappa shape index (κ1) is 24.4. The molecule has 0 aromatic heterocycles. The van der Waals surface area contributed by atoms with Gasteiger partial charge in [0.1, 0.15) is 30.7 Å². The van der Waals surface area contributed by atoms with Gasteiger partial charge in [-0.25, -0.2) is 0 Å². The van der Waals surface area contributed by atoms with E-state index < -0.39 is 48.7 Å². The fourth-order valence-electron chi connectivity index (χ4n) is 9.19. The van der Waals surface area contributed by atoms with Crippen molar-refractivity contribution in [1.29, 1.82) is 0 Å². The molecule has 5 fully saturated rings. The van der Waals surface area contributed by atoms with Crippen LogP contribution in [0.4, 0.5) is 0 Å². The van der Waals surface area contributed by atoms with E-state index in [9.17, 15) is 30.0 Å². The van der Waals surface area contributed by atoms with Crippen molar-refractivity contribution < 1.29 is 39.5 Å². The van der Waals surface area contributed by atoms with Gasteiger partial charge in [0.2, 0.25) is 6.29 Å². The number of aliphatic hydroxyl groups excluding tert-OH is 4. The summed E-state index contributed by atoms with van der Waals surface area (Å²) in [5.74, 6) is -0.260. The predicted molar refractivity (Wildman–Crippen MR) is 120 cm³/mol. The van der Waals surface area contributed by atoms with Crippen LogP contribution in [-0.4, -0.2) is 70.0 Å². The zero-order valence-corrected chi connectivity index (χ0v) is 20.1. The molecular weight excluding hydrogens is 440 g/mol. The second-order valence-corrected chi connectivity index (χ2v) is 12.1. The largest absolute Gasteiger partial charge is 0.432 e. The Morgan fingerprint density at radius 2 is 1.91 bits per heavy atom. The molecule has 8 nitrogen and oxygen atoms in total. The van der Waals surface area contributed by atoms with Crippen LogP contribution < -0.4 is 0 Å². The van der Waals surface area contributed by atoms with Gasteiger partial charge < -0.3 is 34.7 Å². The molecule has 1 aliphatic heterocycles. The van der Waals surface area contributed by atoms with Gasteiger partial charge in [0.25, 0.3) is 0 Å². The van der Waals surface area contributed by atoms with Crippen LogP contribution in [0.1, 0.15) is 58.8 Å². The fraction of sp³-hybridized carbons (Fsp3) is 0.846. The summed E-state index contributed by atoms with van der Waals surface area (Å²) in [7, 11) is 0. The Kier molecular flexibility index (Phi) is 5.81. The van der Waals surface area contributed by atoms with Crippen LogP contribution in [0.25, 0.3) is 0 Å². The highest BCUT2D eigenvalue weighted by Gasteiger charge is 2.73. The SMILES string of the molecule is C=C1C[C@@]23C[C@@H]1CC[C@@H]2[C@@]1(C)CCC[C@](C)(C(=O)O[C@@H]2O[C@H](CO)[C@@H](O)[C@H](O)[C@H]2O)[C@@H]1[C@H]3C=O. The number of hydrogen-bond acceptors (Lipinski definition) is 8. The third kappa shape index (κ3) is 3.08. The molecule has 190 valence electrons. The van der Waals surface area contributed by atoms with Crippen LogP contribution in [0.5, 0.6) is 0 Å². The standard InChI is InChI=1S/C26H38O8/c1-13-9-26-10-14(13)5-6-17(26)24(2)7-4-8-25(3,21(24)15(26)11-27)23(32)34-22-20(31)19(30)18(29)16(12-28)33-22/h11,14-22,28-31H,1,4-10,12H2,2-3H3/t14-,15+,16+,17+,18+,19-,20+,21+,22-,24+,25-,26-/m0/s1. The Morgan fingerprint density at radius 1 is 1.18 bits per heavy atom. The number of ether oxygens (including phenoxy) is 2. The van der Waals surface area contributed by atoms with E-state index >= 15 is 0 Å². The summed E-state index contributed by atoms with van der Waals surface area (Å²) < 4.78 is 11.1. The third-order valence-corrected chi connectivity index (χ3v) is 10.6. The lowest BCUT2D eigenvalue weighted by Crippen LogP contribution is -2.60. The van der Waals surface area contributed by atoms with Gasteiger partial charge in [-0.05, 0) is 74.0 Å². The number of hydrogen-bond donors (Lipinski definition) is 4. The maximum Gasteiger partial charge on any atom is 0.314 e. The fourth-order valence-corrected chi connectivity index (χ4v) is 9.19. The number of aldehydes is 1. The maximum absolute atomic E-state index is 13.8. The van der Waals surface area contributed by atoms with Crippen molar-refractivity contribution in [1.82, 2.24) is 0 Å². The summed E-state index contributed by atoms with van der Waals surface area (Å²) in [5, 5.41) is 40.1. The Bertz CT molecular complexity index is 873. The van der Waals surface area contributed by atoms with Crippen LogP contribution in [0.2, 0.25) is 0 Å². The minimum Gasteiger partial charge on any atom is -0.432 e. The average molecular weight is 479 g/mol. The Morgan fingerprint density at radius 3 is 2.59 bits per heavy atom. The van der Waals surface area contributed by atoms with Crippen molar-refractivity contribution >= 4 is 12.3 Å². The summed E-state index contributed by atoms with van der Waals surface area (Å²) >= 11 is 0. The molecule has 4 aliphatic carbocycles. The van der Waals surface area contributed by atoms with Crippen molar-refractivity contribution in [2.24, 2.45) is 39.9 Å². The molecule has 8 heteroatoms. The van der Waals surface area contributed by atoms with Crippen LogP contribution in [0.15, 0.2) is 12.2 Å². The molecule has 0 aromatic carbocycles. The number of rotatable bonds is 4. The summed E-state index contributed by atoms with van der Waals surface area (Å²) in [6, 6.07) is 0. The van der Waals surface area contributed by atoms with Gasteiger partial charge >= 0.3 is 5.97 Å². The predicted octanol–water partition coefficient (Wildman–Crippen LogP) is 1.33. The van der Waals surface area contributed by atoms with Crippen LogP contribution in [0, 0.1) is 39.9 Å². The number of aliphatic hydroxyl groups is 4. The van der Waals surface area contributed by atoms with E-state index in [1.54, 1.807) is 0 Å². The van der Waals surface area contributed by atoms with Gasteiger partial charge in [-0.2, -0.15) is 0 Å². The molecule has 0 radical (unpaired) electrons. The lowest BCUT2D eigenvalue weighted by Gasteiger charge is -2.51. The van der Waals surface area contributed by atoms with E-state index in [1.165, 1.54) is 5.57 Å². The van der Waals surface area contributed by atoms with Crippen LogP contribution in [-0.2, 0) is 19.1 Å². The molecule has 0 amide bonds. The number of allylic oxidation sites excluding steroid dienone is 1. The van der Waals surface area contributed by atoms with Gasteiger partial charge in [0.15, 0.2) is 0 Å². The van der Waals surface area contributed by atoms with Crippen LogP contribution in [0.3, 0.4) is 0 Å². The summed E-state index contributed by atoms with van der Waals surface area (Å²) in [6.45, 7) is 7.84. The molecule has 34 heavy (non-hydrogen) atoms. The minimum atomic E-state index is -1.65. The molecule has 1 heterocycles. The molecule has 1 saturated heterocycles. The summed E-state index contributed by atoms with van der Waals surface area (Å²) in [6.07, 6.45) is -0.109. The molecule has 0 aromatic rings. The van der Waals surface area contributed by atoms with E-state index in [0.29, 0.717) is 18.3 Å². The number of esters is 1. The summed E-state index contributed by atoms with van der Waals surface area (Å²) in [4.78, 5) is 26.5. The Hall–Kier alpha value is -1.32. The topological polar surface area (TPSA) is 134 Å². The highest BCUT2D eigenvalue weighted by molar-refractivity contribution is 5.79. The van der Waals surface area contributed by atoms with Crippen molar-refractivity contribution in [3.05, 3.63) is 12.2 Å². The Labute approximate surface area is 200 Å².